The Morgan fingerprint density at radius 1 is 1.46 bits per heavy atom. The van der Waals surface area contributed by atoms with E-state index in [1.807, 2.05) is 18.2 Å². The molecule has 0 bridgehead atoms. The van der Waals surface area contributed by atoms with Gasteiger partial charge in [-0.1, -0.05) is 34.1 Å². The van der Waals surface area contributed by atoms with Crippen molar-refractivity contribution in [3.8, 4) is 5.75 Å². The van der Waals surface area contributed by atoms with Crippen LogP contribution in [-0.4, -0.2) is 17.5 Å². The third-order valence-corrected chi connectivity index (χ3v) is 2.97. The van der Waals surface area contributed by atoms with Crippen LogP contribution in [0.25, 0.3) is 0 Å². The van der Waals surface area contributed by atoms with Gasteiger partial charge in [-0.25, -0.2) is 0 Å². The molecule has 13 heavy (non-hydrogen) atoms. The van der Waals surface area contributed by atoms with Crippen LogP contribution in [0.3, 0.4) is 0 Å². The van der Waals surface area contributed by atoms with Gasteiger partial charge in [0, 0.05) is 11.4 Å². The number of fused-ring (bicyclic) bond motifs is 1. The molecule has 2 nitrogen and oxygen atoms in total. The standard InChI is InChI=1S/C10H12BrNO/c11-6-10-8(12)5-7-3-1-2-4-9(7)13-10/h1-4,8,10H,5-6,12H2/t8-,10-/m0/s1. The highest BCUT2D eigenvalue weighted by Gasteiger charge is 2.25. The lowest BCUT2D eigenvalue weighted by molar-refractivity contribution is 0.174. The number of alkyl halides is 1. The number of nitrogens with two attached hydrogens (primary N) is 1. The van der Waals surface area contributed by atoms with E-state index >= 15 is 0 Å². The molecule has 70 valence electrons. The maximum Gasteiger partial charge on any atom is 0.124 e. The van der Waals surface area contributed by atoms with Crippen LogP contribution in [0.1, 0.15) is 5.56 Å². The SMILES string of the molecule is N[C@H]1Cc2ccccc2O[C@H]1CBr. The van der Waals surface area contributed by atoms with E-state index in [2.05, 4.69) is 22.0 Å². The summed E-state index contributed by atoms with van der Waals surface area (Å²) in [7, 11) is 0. The van der Waals surface area contributed by atoms with Gasteiger partial charge in [-0.2, -0.15) is 0 Å². The normalized spacial score (nSPS) is 26.3. The molecule has 0 saturated heterocycles. The average molecular weight is 242 g/mol. The predicted molar refractivity (Wildman–Crippen MR) is 56.3 cm³/mol. The van der Waals surface area contributed by atoms with Crippen molar-refractivity contribution in [3.05, 3.63) is 29.8 Å². The lowest BCUT2D eigenvalue weighted by atomic mass is 9.99. The summed E-state index contributed by atoms with van der Waals surface area (Å²) in [5, 5.41) is 0.794. The second kappa shape index (κ2) is 3.68. The van der Waals surface area contributed by atoms with Crippen molar-refractivity contribution in [3.63, 3.8) is 0 Å². The lowest BCUT2D eigenvalue weighted by Gasteiger charge is -2.30. The first-order chi connectivity index (χ1) is 6.31. The van der Waals surface area contributed by atoms with Crippen molar-refractivity contribution in [2.75, 3.05) is 5.33 Å². The van der Waals surface area contributed by atoms with Crippen LogP contribution < -0.4 is 10.5 Å². The van der Waals surface area contributed by atoms with E-state index < -0.39 is 0 Å². The largest absolute Gasteiger partial charge is 0.488 e. The molecule has 0 spiro atoms. The summed E-state index contributed by atoms with van der Waals surface area (Å²) in [5.74, 6) is 0.980. The van der Waals surface area contributed by atoms with E-state index in [0.717, 1.165) is 17.5 Å². The maximum absolute atomic E-state index is 5.95. The van der Waals surface area contributed by atoms with Gasteiger partial charge in [0.2, 0.25) is 0 Å². The van der Waals surface area contributed by atoms with E-state index in [9.17, 15) is 0 Å². The number of rotatable bonds is 1. The summed E-state index contributed by atoms with van der Waals surface area (Å²) >= 11 is 3.40. The van der Waals surface area contributed by atoms with E-state index in [4.69, 9.17) is 10.5 Å². The highest BCUT2D eigenvalue weighted by atomic mass is 79.9. The number of ether oxygens (including phenoxy) is 1. The minimum Gasteiger partial charge on any atom is -0.488 e. The van der Waals surface area contributed by atoms with E-state index in [1.165, 1.54) is 5.56 Å². The Labute approximate surface area is 86.2 Å². The zero-order chi connectivity index (χ0) is 9.26. The molecule has 0 radical (unpaired) electrons. The molecule has 1 aliphatic rings. The van der Waals surface area contributed by atoms with E-state index in [1.54, 1.807) is 0 Å². The van der Waals surface area contributed by atoms with Gasteiger partial charge in [0.05, 0.1) is 0 Å². The molecule has 2 rings (SSSR count). The van der Waals surface area contributed by atoms with Gasteiger partial charge in [-0.15, -0.1) is 0 Å². The molecule has 0 unspecified atom stereocenters. The third kappa shape index (κ3) is 1.71. The second-order valence-corrected chi connectivity index (χ2v) is 3.93. The molecular weight excluding hydrogens is 230 g/mol. The first kappa shape index (κ1) is 9.03. The minimum atomic E-state index is 0.106. The summed E-state index contributed by atoms with van der Waals surface area (Å²) in [4.78, 5) is 0. The average Bonchev–Trinajstić information content (AvgIpc) is 2.17. The van der Waals surface area contributed by atoms with Crippen LogP contribution in [0.2, 0.25) is 0 Å². The molecule has 2 atom stereocenters. The van der Waals surface area contributed by atoms with Crippen molar-refractivity contribution in [1.29, 1.82) is 0 Å². The molecule has 1 aromatic rings. The van der Waals surface area contributed by atoms with Gasteiger partial charge in [0.15, 0.2) is 0 Å². The fourth-order valence-corrected chi connectivity index (χ4v) is 2.18. The Hall–Kier alpha value is -0.540. The molecule has 1 heterocycles. The van der Waals surface area contributed by atoms with Gasteiger partial charge >= 0.3 is 0 Å². The lowest BCUT2D eigenvalue weighted by Crippen LogP contribution is -2.44. The van der Waals surface area contributed by atoms with Crippen molar-refractivity contribution >= 4 is 15.9 Å². The zero-order valence-electron chi connectivity index (χ0n) is 7.24. The Morgan fingerprint density at radius 3 is 3.00 bits per heavy atom. The molecule has 0 fully saturated rings. The van der Waals surface area contributed by atoms with Crippen LogP contribution in [0.4, 0.5) is 0 Å². The number of hydrogen-bond donors (Lipinski definition) is 1. The van der Waals surface area contributed by atoms with E-state index in [0.29, 0.717) is 0 Å². The highest BCUT2D eigenvalue weighted by molar-refractivity contribution is 9.09. The molecule has 3 heteroatoms. The molecule has 0 aromatic heterocycles. The summed E-state index contributed by atoms with van der Waals surface area (Å²) in [5.41, 5.74) is 7.16. The smallest absolute Gasteiger partial charge is 0.124 e. The molecule has 1 aromatic carbocycles. The number of halogens is 1. The Balaban J connectivity index is 2.27. The van der Waals surface area contributed by atoms with Gasteiger partial charge in [0.25, 0.3) is 0 Å². The number of para-hydroxylation sites is 1. The van der Waals surface area contributed by atoms with Gasteiger partial charge in [-0.3, -0.25) is 0 Å². The monoisotopic (exact) mass is 241 g/mol. The Bertz CT molecular complexity index is 303. The van der Waals surface area contributed by atoms with Crippen LogP contribution >= 0.6 is 15.9 Å². The highest BCUT2D eigenvalue weighted by Crippen LogP contribution is 2.26. The van der Waals surface area contributed by atoms with Crippen molar-refractivity contribution < 1.29 is 4.74 Å². The van der Waals surface area contributed by atoms with Gasteiger partial charge in [-0.05, 0) is 18.1 Å². The fraction of sp³-hybridized carbons (Fsp3) is 0.400. The zero-order valence-corrected chi connectivity index (χ0v) is 8.83. The summed E-state index contributed by atoms with van der Waals surface area (Å²) in [6, 6.07) is 8.18. The fourth-order valence-electron chi connectivity index (χ4n) is 1.57. The summed E-state index contributed by atoms with van der Waals surface area (Å²) < 4.78 is 5.72. The number of benzene rings is 1. The molecule has 0 aliphatic carbocycles. The first-order valence-electron chi connectivity index (χ1n) is 4.37. The van der Waals surface area contributed by atoms with Crippen molar-refractivity contribution in [1.82, 2.24) is 0 Å². The van der Waals surface area contributed by atoms with Crippen LogP contribution in [0, 0.1) is 0 Å². The van der Waals surface area contributed by atoms with Crippen LogP contribution in [0.5, 0.6) is 5.75 Å². The van der Waals surface area contributed by atoms with Crippen LogP contribution in [-0.2, 0) is 6.42 Å². The minimum absolute atomic E-state index is 0.106. The predicted octanol–water partition coefficient (Wildman–Crippen LogP) is 1.71. The van der Waals surface area contributed by atoms with Crippen molar-refractivity contribution in [2.24, 2.45) is 5.73 Å². The van der Waals surface area contributed by atoms with E-state index in [-0.39, 0.29) is 12.1 Å². The molecular formula is C10H12BrNO. The van der Waals surface area contributed by atoms with Gasteiger partial charge in [0.1, 0.15) is 11.9 Å². The van der Waals surface area contributed by atoms with Crippen molar-refractivity contribution in [2.45, 2.75) is 18.6 Å². The second-order valence-electron chi connectivity index (χ2n) is 3.29. The number of hydrogen-bond acceptors (Lipinski definition) is 2. The first-order valence-corrected chi connectivity index (χ1v) is 5.49. The third-order valence-electron chi connectivity index (χ3n) is 2.34. The summed E-state index contributed by atoms with van der Waals surface area (Å²) in [6.45, 7) is 0. The molecule has 1 aliphatic heterocycles. The topological polar surface area (TPSA) is 35.2 Å². The summed E-state index contributed by atoms with van der Waals surface area (Å²) in [6.07, 6.45) is 1.02. The van der Waals surface area contributed by atoms with Gasteiger partial charge < -0.3 is 10.5 Å². The molecule has 0 amide bonds. The molecule has 0 saturated carbocycles. The quantitative estimate of drug-likeness (QED) is 0.761. The Kier molecular flexibility index (Phi) is 2.56. The van der Waals surface area contributed by atoms with Crippen LogP contribution in [0.15, 0.2) is 24.3 Å². The Morgan fingerprint density at radius 2 is 2.23 bits per heavy atom. The molecule has 2 N–H and O–H groups in total. The maximum atomic E-state index is 5.95.